The van der Waals surface area contributed by atoms with Gasteiger partial charge in [-0.3, -0.25) is 0 Å². The van der Waals surface area contributed by atoms with E-state index < -0.39 is 11.6 Å². The Balaban J connectivity index is 2.22. The zero-order valence-corrected chi connectivity index (χ0v) is 10.2. The SMILES string of the molecule is CCNC1CCCCC1c1cc(F)cc(F)c1. The molecule has 1 aromatic rings. The molecule has 0 aromatic heterocycles. The molecule has 1 aliphatic carbocycles. The maximum atomic E-state index is 13.2. The van der Waals surface area contributed by atoms with E-state index in [-0.39, 0.29) is 5.92 Å². The molecule has 0 heterocycles. The van der Waals surface area contributed by atoms with E-state index in [0.29, 0.717) is 6.04 Å². The van der Waals surface area contributed by atoms with E-state index in [1.807, 2.05) is 0 Å². The zero-order chi connectivity index (χ0) is 12.3. The largest absolute Gasteiger partial charge is 0.314 e. The molecule has 0 radical (unpaired) electrons. The monoisotopic (exact) mass is 239 g/mol. The summed E-state index contributed by atoms with van der Waals surface area (Å²) in [4.78, 5) is 0. The summed E-state index contributed by atoms with van der Waals surface area (Å²) >= 11 is 0. The van der Waals surface area contributed by atoms with Gasteiger partial charge in [-0.05, 0) is 43.0 Å². The zero-order valence-electron chi connectivity index (χ0n) is 10.2. The number of rotatable bonds is 3. The van der Waals surface area contributed by atoms with Crippen LogP contribution in [-0.2, 0) is 0 Å². The first-order valence-corrected chi connectivity index (χ1v) is 6.40. The topological polar surface area (TPSA) is 12.0 Å². The third-order valence-corrected chi connectivity index (χ3v) is 3.55. The Labute approximate surface area is 101 Å². The molecule has 2 rings (SSSR count). The van der Waals surface area contributed by atoms with Gasteiger partial charge in [-0.2, -0.15) is 0 Å². The molecule has 2 atom stereocenters. The van der Waals surface area contributed by atoms with Crippen LogP contribution in [0, 0.1) is 11.6 Å². The number of hydrogen-bond donors (Lipinski definition) is 1. The molecule has 1 N–H and O–H groups in total. The molecule has 1 aliphatic rings. The molecule has 1 fully saturated rings. The molecule has 2 unspecified atom stereocenters. The van der Waals surface area contributed by atoms with Gasteiger partial charge in [-0.25, -0.2) is 8.78 Å². The first kappa shape index (κ1) is 12.5. The molecule has 1 aromatic carbocycles. The van der Waals surface area contributed by atoms with Crippen LogP contribution in [0.3, 0.4) is 0 Å². The molecular weight excluding hydrogens is 220 g/mol. The first-order valence-electron chi connectivity index (χ1n) is 6.40. The Morgan fingerprint density at radius 1 is 1.12 bits per heavy atom. The second-order valence-corrected chi connectivity index (χ2v) is 4.76. The summed E-state index contributed by atoms with van der Waals surface area (Å²) in [7, 11) is 0. The van der Waals surface area contributed by atoms with E-state index >= 15 is 0 Å². The van der Waals surface area contributed by atoms with Crippen LogP contribution in [0.4, 0.5) is 8.78 Å². The van der Waals surface area contributed by atoms with Crippen LogP contribution in [0.1, 0.15) is 44.1 Å². The van der Waals surface area contributed by atoms with Gasteiger partial charge in [0.05, 0.1) is 0 Å². The van der Waals surface area contributed by atoms with Crippen LogP contribution in [0.5, 0.6) is 0 Å². The van der Waals surface area contributed by atoms with Gasteiger partial charge in [-0.15, -0.1) is 0 Å². The average Bonchev–Trinajstić information content (AvgIpc) is 2.29. The molecule has 0 bridgehead atoms. The molecule has 17 heavy (non-hydrogen) atoms. The smallest absolute Gasteiger partial charge is 0.126 e. The van der Waals surface area contributed by atoms with E-state index in [1.165, 1.54) is 18.6 Å². The lowest BCUT2D eigenvalue weighted by Gasteiger charge is -2.32. The van der Waals surface area contributed by atoms with Crippen LogP contribution in [0.15, 0.2) is 18.2 Å². The number of nitrogens with one attached hydrogen (secondary N) is 1. The summed E-state index contributed by atoms with van der Waals surface area (Å²) in [5.74, 6) is -0.699. The van der Waals surface area contributed by atoms with E-state index in [0.717, 1.165) is 37.4 Å². The van der Waals surface area contributed by atoms with E-state index in [2.05, 4.69) is 12.2 Å². The highest BCUT2D eigenvalue weighted by molar-refractivity contribution is 5.24. The summed E-state index contributed by atoms with van der Waals surface area (Å²) < 4.78 is 26.5. The Morgan fingerprint density at radius 2 is 1.76 bits per heavy atom. The maximum Gasteiger partial charge on any atom is 0.126 e. The van der Waals surface area contributed by atoms with Crippen molar-refractivity contribution < 1.29 is 8.78 Å². The molecule has 3 heteroatoms. The third-order valence-electron chi connectivity index (χ3n) is 3.55. The van der Waals surface area contributed by atoms with Crippen molar-refractivity contribution in [2.24, 2.45) is 0 Å². The minimum atomic E-state index is -0.471. The van der Waals surface area contributed by atoms with Crippen molar-refractivity contribution in [3.05, 3.63) is 35.4 Å². The number of hydrogen-bond acceptors (Lipinski definition) is 1. The number of benzene rings is 1. The maximum absolute atomic E-state index is 13.2. The quantitative estimate of drug-likeness (QED) is 0.849. The van der Waals surface area contributed by atoms with E-state index in [9.17, 15) is 8.78 Å². The van der Waals surface area contributed by atoms with Gasteiger partial charge in [0.1, 0.15) is 11.6 Å². The van der Waals surface area contributed by atoms with Gasteiger partial charge in [-0.1, -0.05) is 19.8 Å². The van der Waals surface area contributed by atoms with Gasteiger partial charge in [0.25, 0.3) is 0 Å². The Hall–Kier alpha value is -0.960. The second-order valence-electron chi connectivity index (χ2n) is 4.76. The van der Waals surface area contributed by atoms with Crippen molar-refractivity contribution >= 4 is 0 Å². The summed E-state index contributed by atoms with van der Waals surface area (Å²) in [6.07, 6.45) is 4.45. The third kappa shape index (κ3) is 3.03. The standard InChI is InChI=1S/C14H19F2N/c1-2-17-14-6-4-3-5-13(14)10-7-11(15)9-12(16)8-10/h7-9,13-14,17H,2-6H2,1H3. The summed E-state index contributed by atoms with van der Waals surface area (Å²) in [6.45, 7) is 2.97. The van der Waals surface area contributed by atoms with Gasteiger partial charge in [0.15, 0.2) is 0 Å². The molecule has 0 saturated heterocycles. The van der Waals surface area contributed by atoms with Crippen molar-refractivity contribution in [2.75, 3.05) is 6.54 Å². The average molecular weight is 239 g/mol. The summed E-state index contributed by atoms with van der Waals surface area (Å²) in [5.41, 5.74) is 0.799. The van der Waals surface area contributed by atoms with Gasteiger partial charge >= 0.3 is 0 Å². The van der Waals surface area contributed by atoms with Crippen molar-refractivity contribution in [3.8, 4) is 0 Å². The fraction of sp³-hybridized carbons (Fsp3) is 0.571. The molecule has 1 nitrogen and oxygen atoms in total. The molecule has 0 aliphatic heterocycles. The highest BCUT2D eigenvalue weighted by atomic mass is 19.1. The fourth-order valence-corrected chi connectivity index (χ4v) is 2.83. The number of halogens is 2. The Kier molecular flexibility index (Phi) is 4.11. The van der Waals surface area contributed by atoms with Crippen LogP contribution in [0.2, 0.25) is 0 Å². The predicted octanol–water partition coefficient (Wildman–Crippen LogP) is 3.60. The molecule has 0 amide bonds. The van der Waals surface area contributed by atoms with E-state index in [1.54, 1.807) is 0 Å². The summed E-state index contributed by atoms with van der Waals surface area (Å²) in [5, 5.41) is 3.43. The fourth-order valence-electron chi connectivity index (χ4n) is 2.83. The van der Waals surface area contributed by atoms with Gasteiger partial charge in [0, 0.05) is 12.1 Å². The minimum Gasteiger partial charge on any atom is -0.314 e. The van der Waals surface area contributed by atoms with Crippen molar-refractivity contribution in [3.63, 3.8) is 0 Å². The number of likely N-dealkylation sites (N-methyl/N-ethyl adjacent to an activating group) is 1. The van der Waals surface area contributed by atoms with Crippen molar-refractivity contribution in [1.82, 2.24) is 5.32 Å². The Bertz CT molecular complexity index is 356. The van der Waals surface area contributed by atoms with Gasteiger partial charge in [0.2, 0.25) is 0 Å². The minimum absolute atomic E-state index is 0.244. The lowest BCUT2D eigenvalue weighted by atomic mass is 9.80. The van der Waals surface area contributed by atoms with Crippen molar-refractivity contribution in [1.29, 1.82) is 0 Å². The van der Waals surface area contributed by atoms with Crippen molar-refractivity contribution in [2.45, 2.75) is 44.6 Å². The second kappa shape index (κ2) is 5.58. The summed E-state index contributed by atoms with van der Waals surface area (Å²) in [6, 6.07) is 4.25. The highest BCUT2D eigenvalue weighted by Gasteiger charge is 2.26. The lowest BCUT2D eigenvalue weighted by Crippen LogP contribution is -2.37. The van der Waals surface area contributed by atoms with Crippen LogP contribution >= 0.6 is 0 Å². The van der Waals surface area contributed by atoms with Crippen LogP contribution < -0.4 is 5.32 Å². The molecular formula is C14H19F2N. The molecule has 0 spiro atoms. The normalized spacial score (nSPS) is 24.9. The molecule has 1 saturated carbocycles. The predicted molar refractivity (Wildman–Crippen MR) is 65.0 cm³/mol. The van der Waals surface area contributed by atoms with Crippen LogP contribution in [-0.4, -0.2) is 12.6 Å². The highest BCUT2D eigenvalue weighted by Crippen LogP contribution is 2.33. The first-order chi connectivity index (χ1) is 8.20. The van der Waals surface area contributed by atoms with E-state index in [4.69, 9.17) is 0 Å². The molecule has 94 valence electrons. The van der Waals surface area contributed by atoms with Gasteiger partial charge < -0.3 is 5.32 Å². The van der Waals surface area contributed by atoms with Crippen LogP contribution in [0.25, 0.3) is 0 Å². The Morgan fingerprint density at radius 3 is 2.41 bits per heavy atom. The lowest BCUT2D eigenvalue weighted by molar-refractivity contribution is 0.331.